The summed E-state index contributed by atoms with van der Waals surface area (Å²) in [4.78, 5) is 2.71. The van der Waals surface area contributed by atoms with Crippen LogP contribution in [0.5, 0.6) is 0 Å². The van der Waals surface area contributed by atoms with E-state index in [9.17, 15) is 0 Å². The first-order valence-corrected chi connectivity index (χ1v) is 7.34. The number of hydrogen-bond acceptors (Lipinski definition) is 3. The molecule has 3 nitrogen and oxygen atoms in total. The minimum absolute atomic E-state index is 0.274. The van der Waals surface area contributed by atoms with Crippen molar-refractivity contribution in [3.63, 3.8) is 0 Å². The van der Waals surface area contributed by atoms with Gasteiger partial charge in [0.25, 0.3) is 0 Å². The van der Waals surface area contributed by atoms with Gasteiger partial charge in [-0.15, -0.1) is 0 Å². The molecule has 0 heterocycles. The van der Waals surface area contributed by atoms with E-state index in [1.807, 2.05) is 0 Å². The lowest BCUT2D eigenvalue weighted by atomic mass is 9.72. The van der Waals surface area contributed by atoms with Crippen LogP contribution < -0.4 is 5.73 Å². The zero-order valence-corrected chi connectivity index (χ0v) is 11.5. The van der Waals surface area contributed by atoms with E-state index in [0.29, 0.717) is 6.10 Å². The van der Waals surface area contributed by atoms with Crippen molar-refractivity contribution in [3.05, 3.63) is 0 Å². The van der Waals surface area contributed by atoms with Crippen molar-refractivity contribution in [1.29, 1.82) is 0 Å². The normalized spacial score (nSPS) is 32.8. The predicted molar refractivity (Wildman–Crippen MR) is 71.1 cm³/mol. The fourth-order valence-corrected chi connectivity index (χ4v) is 3.18. The molecule has 0 spiro atoms. The Morgan fingerprint density at radius 2 is 2.00 bits per heavy atom. The average molecular weight is 240 g/mol. The second-order valence-corrected chi connectivity index (χ2v) is 5.69. The monoisotopic (exact) mass is 240 g/mol. The van der Waals surface area contributed by atoms with Gasteiger partial charge in [0.05, 0.1) is 6.10 Å². The topological polar surface area (TPSA) is 38.5 Å². The van der Waals surface area contributed by atoms with Crippen LogP contribution in [-0.2, 0) is 4.74 Å². The van der Waals surface area contributed by atoms with Crippen LogP contribution in [0.1, 0.15) is 52.4 Å². The molecule has 100 valence electrons. The molecule has 2 N–H and O–H groups in total. The smallest absolute Gasteiger partial charge is 0.0611 e. The molecule has 2 aliphatic rings. The maximum Gasteiger partial charge on any atom is 0.0611 e. The SMILES string of the molecule is CCCCN(C1CC1)C1(CN)CC(OCC)C1. The van der Waals surface area contributed by atoms with Gasteiger partial charge in [0.1, 0.15) is 0 Å². The molecular weight excluding hydrogens is 212 g/mol. The summed E-state index contributed by atoms with van der Waals surface area (Å²) >= 11 is 0. The van der Waals surface area contributed by atoms with Crippen molar-refractivity contribution in [3.8, 4) is 0 Å². The van der Waals surface area contributed by atoms with E-state index in [0.717, 1.165) is 32.0 Å². The van der Waals surface area contributed by atoms with Gasteiger partial charge in [-0.05, 0) is 45.6 Å². The Morgan fingerprint density at radius 3 is 2.47 bits per heavy atom. The number of ether oxygens (including phenoxy) is 1. The summed E-state index contributed by atoms with van der Waals surface area (Å²) in [5, 5.41) is 0. The third-order valence-electron chi connectivity index (χ3n) is 4.35. The van der Waals surface area contributed by atoms with Crippen LogP contribution in [-0.4, -0.2) is 42.3 Å². The number of unbranched alkanes of at least 4 members (excludes halogenated alkanes) is 1. The first-order chi connectivity index (χ1) is 8.25. The van der Waals surface area contributed by atoms with Gasteiger partial charge in [0.2, 0.25) is 0 Å². The summed E-state index contributed by atoms with van der Waals surface area (Å²) in [7, 11) is 0. The van der Waals surface area contributed by atoms with Gasteiger partial charge < -0.3 is 10.5 Å². The Hall–Kier alpha value is -0.120. The molecular formula is C14H28N2O. The van der Waals surface area contributed by atoms with Gasteiger partial charge in [-0.1, -0.05) is 13.3 Å². The Balaban J connectivity index is 1.91. The molecule has 0 amide bonds. The molecule has 0 radical (unpaired) electrons. The molecule has 0 bridgehead atoms. The molecule has 17 heavy (non-hydrogen) atoms. The number of nitrogens with zero attached hydrogens (tertiary/aromatic N) is 1. The second kappa shape index (κ2) is 5.68. The zero-order valence-electron chi connectivity index (χ0n) is 11.5. The molecule has 0 aromatic carbocycles. The third-order valence-corrected chi connectivity index (χ3v) is 4.35. The molecule has 3 heteroatoms. The largest absolute Gasteiger partial charge is 0.378 e. The Labute approximate surface area is 106 Å². The molecule has 0 aromatic rings. The number of nitrogens with two attached hydrogens (primary N) is 1. The van der Waals surface area contributed by atoms with E-state index in [1.54, 1.807) is 0 Å². The Bertz CT molecular complexity index is 234. The van der Waals surface area contributed by atoms with Gasteiger partial charge in [0.15, 0.2) is 0 Å². The molecule has 0 saturated heterocycles. The summed E-state index contributed by atoms with van der Waals surface area (Å²) in [5.41, 5.74) is 6.34. The summed E-state index contributed by atoms with van der Waals surface area (Å²) in [5.74, 6) is 0. The lowest BCUT2D eigenvalue weighted by Gasteiger charge is -2.54. The Morgan fingerprint density at radius 1 is 1.29 bits per heavy atom. The second-order valence-electron chi connectivity index (χ2n) is 5.69. The van der Waals surface area contributed by atoms with Crippen LogP contribution in [0.3, 0.4) is 0 Å². The standard InChI is InChI=1S/C14H28N2O/c1-3-5-8-16(12-6-7-12)14(11-15)9-13(10-14)17-4-2/h12-13H,3-11,15H2,1-2H3. The molecule has 2 rings (SSSR count). The molecule has 0 atom stereocenters. The van der Waals surface area contributed by atoms with Crippen molar-refractivity contribution in [2.75, 3.05) is 19.7 Å². The minimum Gasteiger partial charge on any atom is -0.378 e. The van der Waals surface area contributed by atoms with Crippen molar-refractivity contribution in [2.45, 2.75) is 70.1 Å². The lowest BCUT2D eigenvalue weighted by Crippen LogP contribution is -2.64. The first-order valence-electron chi connectivity index (χ1n) is 7.34. The molecule has 2 aliphatic carbocycles. The summed E-state index contributed by atoms with van der Waals surface area (Å²) < 4.78 is 5.71. The van der Waals surface area contributed by atoms with Gasteiger partial charge in [-0.2, -0.15) is 0 Å². The highest BCUT2D eigenvalue weighted by atomic mass is 16.5. The van der Waals surface area contributed by atoms with Gasteiger partial charge >= 0.3 is 0 Å². The highest BCUT2D eigenvalue weighted by molar-refractivity contribution is 5.08. The van der Waals surface area contributed by atoms with Crippen LogP contribution in [0, 0.1) is 0 Å². The van der Waals surface area contributed by atoms with Crippen molar-refractivity contribution in [2.24, 2.45) is 5.73 Å². The van der Waals surface area contributed by atoms with Crippen LogP contribution in [0.2, 0.25) is 0 Å². The van der Waals surface area contributed by atoms with Crippen molar-refractivity contribution >= 4 is 0 Å². The molecule has 2 saturated carbocycles. The van der Waals surface area contributed by atoms with E-state index >= 15 is 0 Å². The van der Waals surface area contributed by atoms with E-state index in [2.05, 4.69) is 18.7 Å². The van der Waals surface area contributed by atoms with Gasteiger partial charge in [-0.3, -0.25) is 4.90 Å². The Kier molecular flexibility index (Phi) is 4.45. The summed E-state index contributed by atoms with van der Waals surface area (Å²) in [6.07, 6.45) is 8.10. The first kappa shape index (κ1) is 13.3. The van der Waals surface area contributed by atoms with Crippen LogP contribution >= 0.6 is 0 Å². The fourth-order valence-electron chi connectivity index (χ4n) is 3.18. The van der Waals surface area contributed by atoms with Gasteiger partial charge in [-0.25, -0.2) is 0 Å². The molecule has 2 fully saturated rings. The average Bonchev–Trinajstić information content (AvgIpc) is 3.09. The van der Waals surface area contributed by atoms with Crippen LogP contribution in [0.4, 0.5) is 0 Å². The summed E-state index contributed by atoms with van der Waals surface area (Å²) in [6, 6.07) is 0.827. The van der Waals surface area contributed by atoms with E-state index in [1.165, 1.54) is 32.2 Å². The van der Waals surface area contributed by atoms with Crippen LogP contribution in [0.15, 0.2) is 0 Å². The van der Waals surface area contributed by atoms with E-state index in [4.69, 9.17) is 10.5 Å². The molecule has 0 unspecified atom stereocenters. The highest BCUT2D eigenvalue weighted by Crippen LogP contribution is 2.44. The lowest BCUT2D eigenvalue weighted by molar-refractivity contribution is -0.103. The minimum atomic E-state index is 0.274. The maximum absolute atomic E-state index is 6.07. The summed E-state index contributed by atoms with van der Waals surface area (Å²) in [6.45, 7) is 7.22. The number of rotatable bonds is 8. The fraction of sp³-hybridized carbons (Fsp3) is 1.00. The predicted octanol–water partition coefficient (Wildman–Crippen LogP) is 2.15. The number of hydrogen-bond donors (Lipinski definition) is 1. The third kappa shape index (κ3) is 2.83. The van der Waals surface area contributed by atoms with E-state index < -0.39 is 0 Å². The van der Waals surface area contributed by atoms with Crippen LogP contribution in [0.25, 0.3) is 0 Å². The zero-order chi connectivity index (χ0) is 12.3. The maximum atomic E-state index is 6.07. The highest BCUT2D eigenvalue weighted by Gasteiger charge is 2.51. The van der Waals surface area contributed by atoms with E-state index in [-0.39, 0.29) is 5.54 Å². The molecule has 0 aromatic heterocycles. The van der Waals surface area contributed by atoms with Crippen molar-refractivity contribution < 1.29 is 4.74 Å². The quantitative estimate of drug-likeness (QED) is 0.706. The van der Waals surface area contributed by atoms with Crippen molar-refractivity contribution in [1.82, 2.24) is 4.90 Å². The van der Waals surface area contributed by atoms with Gasteiger partial charge in [0, 0.05) is 24.7 Å². The molecule has 0 aliphatic heterocycles.